The molecule has 3 aromatic rings. The summed E-state index contributed by atoms with van der Waals surface area (Å²) in [4.78, 5) is 32.1. The molecule has 0 aliphatic rings. The van der Waals surface area contributed by atoms with Gasteiger partial charge in [-0.15, -0.1) is 0 Å². The van der Waals surface area contributed by atoms with Crippen molar-refractivity contribution >= 4 is 26.0 Å². The summed E-state index contributed by atoms with van der Waals surface area (Å²) in [6, 6.07) is 17.9. The first-order chi connectivity index (χ1) is 14.6. The first-order valence-electron chi connectivity index (χ1n) is 9.04. The van der Waals surface area contributed by atoms with Crippen molar-refractivity contribution in [2.24, 2.45) is 0 Å². The van der Waals surface area contributed by atoms with E-state index in [-0.39, 0.29) is 33.8 Å². The Labute approximate surface area is 180 Å². The Hall–Kier alpha value is -3.33. The van der Waals surface area contributed by atoms with E-state index in [1.807, 2.05) is 18.2 Å². The Bertz CT molecular complexity index is 1140. The fraction of sp³-hybridized carbons (Fsp3) is 0.136. The van der Waals surface area contributed by atoms with Crippen molar-refractivity contribution < 1.29 is 14.4 Å². The Morgan fingerprint density at radius 1 is 1.20 bits per heavy atom. The zero-order valence-electron chi connectivity index (χ0n) is 16.2. The molecule has 0 aliphatic carbocycles. The zero-order chi connectivity index (χ0) is 21.3. The minimum absolute atomic E-state index is 0.100. The number of aromatic nitrogens is 1. The Kier molecular flexibility index (Phi) is 7.44. The third kappa shape index (κ3) is 5.60. The number of carbonyl (C=O) groups is 1. The molecular weight excluding hydrogens is 445 g/mol. The summed E-state index contributed by atoms with van der Waals surface area (Å²) in [6.07, 6.45) is 1.63. The van der Waals surface area contributed by atoms with Gasteiger partial charge in [-0.3, -0.25) is 0 Å². The van der Waals surface area contributed by atoms with E-state index in [4.69, 9.17) is 14.8 Å². The fourth-order valence-electron chi connectivity index (χ4n) is 2.74. The number of benzene rings is 2. The van der Waals surface area contributed by atoms with Gasteiger partial charge in [0.1, 0.15) is 0 Å². The molecule has 151 valence electrons. The quantitative estimate of drug-likeness (QED) is 0.390. The van der Waals surface area contributed by atoms with Crippen molar-refractivity contribution in [1.29, 1.82) is 5.26 Å². The molecule has 7 nitrogen and oxygen atoms in total. The fourth-order valence-corrected chi connectivity index (χ4v) is 5.02. The van der Waals surface area contributed by atoms with Crippen LogP contribution in [-0.4, -0.2) is 33.8 Å². The first kappa shape index (κ1) is 21.4. The van der Waals surface area contributed by atoms with Gasteiger partial charge in [-0.05, 0) is 0 Å². The number of methoxy groups -OCH3 is 1. The third-order valence-electron chi connectivity index (χ3n) is 4.23. The number of aromatic amines is 1. The molecule has 0 atom stereocenters. The van der Waals surface area contributed by atoms with Crippen LogP contribution in [0, 0.1) is 11.3 Å². The molecule has 2 N–H and O–H groups in total. The second kappa shape index (κ2) is 10.4. The van der Waals surface area contributed by atoms with Crippen molar-refractivity contribution in [1.82, 2.24) is 10.5 Å². The van der Waals surface area contributed by atoms with Crippen LogP contribution in [0.2, 0.25) is 0 Å². The monoisotopic (exact) mass is 464 g/mol. The van der Waals surface area contributed by atoms with Crippen LogP contribution in [0.15, 0.2) is 65.6 Å². The number of nitrogens with zero attached hydrogens (tertiary/aromatic N) is 1. The zero-order valence-corrected chi connectivity index (χ0v) is 18.1. The summed E-state index contributed by atoms with van der Waals surface area (Å²) in [7, 11) is 1.51. The maximum absolute atomic E-state index is 12.6. The molecule has 8 heteroatoms. The average Bonchev–Trinajstić information content (AvgIpc) is 2.78. The van der Waals surface area contributed by atoms with E-state index in [1.165, 1.54) is 7.11 Å². The van der Waals surface area contributed by atoms with Crippen molar-refractivity contribution in [3.05, 3.63) is 93.4 Å². The summed E-state index contributed by atoms with van der Waals surface area (Å²) in [5, 5.41) is 9.70. The van der Waals surface area contributed by atoms with Crippen molar-refractivity contribution in [3.63, 3.8) is 0 Å². The molecule has 0 saturated carbocycles. The van der Waals surface area contributed by atoms with E-state index in [0.29, 0.717) is 22.4 Å². The van der Waals surface area contributed by atoms with Crippen molar-refractivity contribution in [2.75, 3.05) is 7.11 Å². The second-order valence-corrected chi connectivity index (χ2v) is 8.59. The number of pyridine rings is 1. The summed E-state index contributed by atoms with van der Waals surface area (Å²) in [5.41, 5.74) is 5.03. The summed E-state index contributed by atoms with van der Waals surface area (Å²) < 4.78 is 6.22. The van der Waals surface area contributed by atoms with Gasteiger partial charge in [-0.2, -0.15) is 0 Å². The maximum atomic E-state index is 12.6. The predicted molar refractivity (Wildman–Crippen MR) is 113 cm³/mol. The van der Waals surface area contributed by atoms with E-state index in [9.17, 15) is 9.59 Å². The molecule has 3 rings (SSSR count). The van der Waals surface area contributed by atoms with E-state index < -0.39 is 0 Å². The van der Waals surface area contributed by atoms with Crippen LogP contribution in [0.3, 0.4) is 0 Å². The number of hydrogen-bond donors (Lipinski definition) is 2. The van der Waals surface area contributed by atoms with Gasteiger partial charge in [0.25, 0.3) is 0 Å². The molecule has 0 unspecified atom stereocenters. The van der Waals surface area contributed by atoms with Gasteiger partial charge >= 0.3 is 180 Å². The molecule has 1 radical (unpaired) electrons. The molecule has 1 heterocycles. The van der Waals surface area contributed by atoms with Gasteiger partial charge in [0.15, 0.2) is 0 Å². The van der Waals surface area contributed by atoms with Crippen LogP contribution in [0.4, 0.5) is 0 Å². The number of nitriles is 1. The molecule has 0 bridgehead atoms. The third-order valence-corrected chi connectivity index (χ3v) is 6.86. The van der Waals surface area contributed by atoms with Crippen LogP contribution in [0.1, 0.15) is 27.0 Å². The van der Waals surface area contributed by atoms with Gasteiger partial charge in [0.05, 0.1) is 0 Å². The molecule has 2 aromatic carbocycles. The van der Waals surface area contributed by atoms with E-state index in [1.54, 1.807) is 42.6 Å². The van der Waals surface area contributed by atoms with E-state index in [2.05, 4.69) is 16.5 Å². The average molecular weight is 464 g/mol. The molecule has 0 fully saturated rings. The van der Waals surface area contributed by atoms with Gasteiger partial charge in [-0.25, -0.2) is 0 Å². The van der Waals surface area contributed by atoms with Crippen LogP contribution < -0.4 is 20.1 Å². The van der Waals surface area contributed by atoms with E-state index in [0.717, 1.165) is 15.1 Å². The normalized spacial score (nSPS) is 10.7. The molecule has 30 heavy (non-hydrogen) atoms. The molecule has 1 aromatic heterocycles. The SMILES string of the molecule is COc1cc(C#N)ccc1CONC(=O)c1ccccc1[As]Cc1cc[nH]c(=O)c1. The molecule has 0 spiro atoms. The van der Waals surface area contributed by atoms with Crippen LogP contribution in [-0.2, 0) is 16.7 Å². The minimum atomic E-state index is -0.348. The Balaban J connectivity index is 1.62. The predicted octanol–water partition coefficient (Wildman–Crippen LogP) is 1.65. The summed E-state index contributed by atoms with van der Waals surface area (Å²) in [6.45, 7) is 0.100. The number of carbonyl (C=O) groups excluding carboxylic acids is 1. The number of hydroxylamine groups is 1. The summed E-state index contributed by atoms with van der Waals surface area (Å²) >= 11 is -0.348. The molecule has 0 saturated heterocycles. The Morgan fingerprint density at radius 3 is 2.80 bits per heavy atom. The molecule has 0 aliphatic heterocycles. The van der Waals surface area contributed by atoms with Crippen LogP contribution in [0.5, 0.6) is 5.75 Å². The number of rotatable bonds is 8. The van der Waals surface area contributed by atoms with Gasteiger partial charge in [0.2, 0.25) is 0 Å². The van der Waals surface area contributed by atoms with Crippen LogP contribution >= 0.6 is 0 Å². The number of hydrogen-bond acceptors (Lipinski definition) is 5. The second-order valence-electron chi connectivity index (χ2n) is 6.25. The van der Waals surface area contributed by atoms with Crippen molar-refractivity contribution in [3.8, 4) is 11.8 Å². The number of nitrogens with one attached hydrogen (secondary N) is 2. The van der Waals surface area contributed by atoms with E-state index >= 15 is 0 Å². The van der Waals surface area contributed by atoms with Gasteiger partial charge in [-0.1, -0.05) is 0 Å². The van der Waals surface area contributed by atoms with Crippen molar-refractivity contribution in [2.45, 2.75) is 11.8 Å². The number of amides is 1. The van der Waals surface area contributed by atoms with Gasteiger partial charge < -0.3 is 0 Å². The number of H-pyrrole nitrogens is 1. The molecule has 1 amide bonds. The Morgan fingerprint density at radius 2 is 2.03 bits per heavy atom. The van der Waals surface area contributed by atoms with Crippen LogP contribution in [0.25, 0.3) is 0 Å². The molecular formula is C22H19AsN3O4. The summed E-state index contributed by atoms with van der Waals surface area (Å²) in [5.74, 6) is 0.186. The van der Waals surface area contributed by atoms with Gasteiger partial charge in [0, 0.05) is 0 Å². The number of ether oxygens (including phenoxy) is 1. The first-order valence-corrected chi connectivity index (χ1v) is 11.3. The topological polar surface area (TPSA) is 104 Å². The standard InChI is InChI=1S/C22H19AsN3O4/c1-29-20-10-16(13-24)6-7-17(20)14-30-26-22(28)18-4-2-3-5-19(18)23-12-15-8-9-25-21(27)11-15/h2-11H,12,14H2,1H3,(H,25,27)(H,26,28).